The van der Waals surface area contributed by atoms with Crippen LogP contribution in [0, 0.1) is 5.41 Å². The van der Waals surface area contributed by atoms with Crippen LogP contribution in [-0.2, 0) is 19.1 Å². The summed E-state index contributed by atoms with van der Waals surface area (Å²) in [5, 5.41) is 0. The highest BCUT2D eigenvalue weighted by Crippen LogP contribution is 2.29. The third-order valence-corrected chi connectivity index (χ3v) is 5.91. The zero-order valence-corrected chi connectivity index (χ0v) is 17.3. The number of esters is 1. The third kappa shape index (κ3) is 7.75. The topological polar surface area (TPSA) is 63.7 Å². The molecule has 7 heteroatoms. The van der Waals surface area contributed by atoms with Gasteiger partial charge in [0.2, 0.25) is 11.8 Å². The molecule has 0 aromatic heterocycles. The Morgan fingerprint density at radius 1 is 1.12 bits per heavy atom. The molecule has 0 saturated carbocycles. The zero-order valence-electron chi connectivity index (χ0n) is 15.7. The summed E-state index contributed by atoms with van der Waals surface area (Å²) in [5.74, 6) is -1.02. The van der Waals surface area contributed by atoms with E-state index in [2.05, 4.69) is 6.58 Å². The van der Waals surface area contributed by atoms with Crippen molar-refractivity contribution in [2.75, 3.05) is 19.6 Å². The summed E-state index contributed by atoms with van der Waals surface area (Å²) in [5.41, 5.74) is 0.0473. The number of amides is 2. The van der Waals surface area contributed by atoms with Gasteiger partial charge < -0.3 is 4.74 Å². The quantitative estimate of drug-likeness (QED) is 0.368. The zero-order chi connectivity index (χ0) is 19.1. The van der Waals surface area contributed by atoms with Crippen LogP contribution in [-0.4, -0.2) is 52.9 Å². The van der Waals surface area contributed by atoms with Gasteiger partial charge in [-0.2, -0.15) is 0 Å². The molecular weight excluding hydrogens is 346 g/mol. The van der Waals surface area contributed by atoms with Gasteiger partial charge in [-0.05, 0) is 40.2 Å². The SMILES string of the molecule is C=C(C)CC(=O)N(C)C(=O)CC(OC(=O)C(C)(C)C)C(SC)SC. The molecule has 1 atom stereocenters. The predicted molar refractivity (Wildman–Crippen MR) is 102 cm³/mol. The highest BCUT2D eigenvalue weighted by molar-refractivity contribution is 8.16. The highest BCUT2D eigenvalue weighted by Gasteiger charge is 2.33. The predicted octanol–water partition coefficient (Wildman–Crippen LogP) is 3.34. The van der Waals surface area contributed by atoms with E-state index < -0.39 is 11.5 Å². The molecule has 0 fully saturated rings. The normalized spacial score (nSPS) is 12.7. The van der Waals surface area contributed by atoms with Gasteiger partial charge in [0, 0.05) is 13.5 Å². The molecule has 1 unspecified atom stereocenters. The van der Waals surface area contributed by atoms with Crippen LogP contribution in [0.2, 0.25) is 0 Å². The maximum absolute atomic E-state index is 12.4. The van der Waals surface area contributed by atoms with Crippen LogP contribution in [0.15, 0.2) is 12.2 Å². The Morgan fingerprint density at radius 3 is 2.00 bits per heavy atom. The van der Waals surface area contributed by atoms with Gasteiger partial charge in [-0.25, -0.2) is 0 Å². The molecule has 0 N–H and O–H groups in total. The molecule has 0 bridgehead atoms. The average Bonchev–Trinajstić information content (AvgIpc) is 2.45. The van der Waals surface area contributed by atoms with Crippen molar-refractivity contribution >= 4 is 41.3 Å². The second kappa shape index (κ2) is 10.1. The van der Waals surface area contributed by atoms with Crippen LogP contribution in [0.25, 0.3) is 0 Å². The van der Waals surface area contributed by atoms with E-state index in [9.17, 15) is 14.4 Å². The van der Waals surface area contributed by atoms with E-state index in [-0.39, 0.29) is 35.2 Å². The van der Waals surface area contributed by atoms with Crippen LogP contribution in [0.1, 0.15) is 40.5 Å². The van der Waals surface area contributed by atoms with Gasteiger partial charge in [-0.3, -0.25) is 19.3 Å². The number of rotatable bonds is 8. The lowest BCUT2D eigenvalue weighted by molar-refractivity contribution is -0.159. The molecule has 0 aliphatic heterocycles. The fourth-order valence-electron chi connectivity index (χ4n) is 1.73. The summed E-state index contributed by atoms with van der Waals surface area (Å²) in [4.78, 5) is 37.7. The molecular formula is C17H29NO4S2. The Labute approximate surface area is 153 Å². The number of carbonyl (C=O) groups excluding carboxylic acids is 3. The van der Waals surface area contributed by atoms with Crippen molar-refractivity contribution in [3.63, 3.8) is 0 Å². The lowest BCUT2D eigenvalue weighted by atomic mass is 9.97. The molecule has 0 aliphatic carbocycles. The third-order valence-electron chi connectivity index (χ3n) is 3.22. The standard InChI is InChI=1S/C17H29NO4S2/c1-11(2)9-13(19)18(6)14(20)10-12(15(23-7)24-8)22-16(21)17(3,4)5/h12,15H,1,9-10H2,2-8H3. The number of nitrogens with zero attached hydrogens (tertiary/aromatic N) is 1. The van der Waals surface area contributed by atoms with Gasteiger partial charge in [-0.15, -0.1) is 23.5 Å². The molecule has 0 saturated heterocycles. The fourth-order valence-corrected chi connectivity index (χ4v) is 3.41. The van der Waals surface area contributed by atoms with E-state index in [0.29, 0.717) is 5.57 Å². The van der Waals surface area contributed by atoms with E-state index >= 15 is 0 Å². The average molecular weight is 376 g/mol. The fraction of sp³-hybridized carbons (Fsp3) is 0.706. The van der Waals surface area contributed by atoms with Crippen LogP contribution in [0.5, 0.6) is 0 Å². The van der Waals surface area contributed by atoms with Gasteiger partial charge in [0.15, 0.2) is 0 Å². The van der Waals surface area contributed by atoms with Crippen LogP contribution in [0.4, 0.5) is 0 Å². The molecule has 0 aromatic rings. The van der Waals surface area contributed by atoms with E-state index in [1.54, 1.807) is 27.7 Å². The lowest BCUT2D eigenvalue weighted by Crippen LogP contribution is -2.40. The largest absolute Gasteiger partial charge is 0.459 e. The highest BCUT2D eigenvalue weighted by atomic mass is 32.2. The smallest absolute Gasteiger partial charge is 0.311 e. The van der Waals surface area contributed by atoms with Crippen molar-refractivity contribution in [3.8, 4) is 0 Å². The Bertz CT molecular complexity index is 481. The first-order valence-electron chi connectivity index (χ1n) is 7.64. The second-order valence-electron chi connectivity index (χ2n) is 6.72. The summed E-state index contributed by atoms with van der Waals surface area (Å²) >= 11 is 3.04. The van der Waals surface area contributed by atoms with E-state index in [1.165, 1.54) is 30.6 Å². The molecule has 0 rings (SSSR count). The molecule has 0 radical (unpaired) electrons. The minimum absolute atomic E-state index is 0.0212. The van der Waals surface area contributed by atoms with Crippen molar-refractivity contribution < 1.29 is 19.1 Å². The van der Waals surface area contributed by atoms with Crippen molar-refractivity contribution in [2.24, 2.45) is 5.41 Å². The first-order chi connectivity index (χ1) is 10.9. The lowest BCUT2D eigenvalue weighted by Gasteiger charge is -2.28. The first-order valence-corrected chi connectivity index (χ1v) is 10.2. The molecule has 24 heavy (non-hydrogen) atoms. The summed E-state index contributed by atoms with van der Waals surface area (Å²) in [6.45, 7) is 10.7. The van der Waals surface area contributed by atoms with Gasteiger partial charge in [0.1, 0.15) is 6.10 Å². The number of ether oxygens (including phenoxy) is 1. The second-order valence-corrected chi connectivity index (χ2v) is 8.97. The summed E-state index contributed by atoms with van der Waals surface area (Å²) < 4.78 is 5.50. The molecule has 2 amide bonds. The minimum Gasteiger partial charge on any atom is -0.459 e. The van der Waals surface area contributed by atoms with Crippen LogP contribution < -0.4 is 0 Å². The molecule has 5 nitrogen and oxygen atoms in total. The number of thioether (sulfide) groups is 2. The Morgan fingerprint density at radius 2 is 1.62 bits per heavy atom. The molecule has 0 heterocycles. The Balaban J connectivity index is 5.11. The summed E-state index contributed by atoms with van der Waals surface area (Å²) in [6.07, 6.45) is 3.32. The molecule has 0 spiro atoms. The van der Waals surface area contributed by atoms with Crippen LogP contribution in [0.3, 0.4) is 0 Å². The van der Waals surface area contributed by atoms with Crippen LogP contribution >= 0.6 is 23.5 Å². The number of carbonyl (C=O) groups is 3. The van der Waals surface area contributed by atoms with Crippen molar-refractivity contribution in [3.05, 3.63) is 12.2 Å². The molecule has 0 aliphatic rings. The van der Waals surface area contributed by atoms with E-state index in [4.69, 9.17) is 4.74 Å². The minimum atomic E-state index is -0.648. The monoisotopic (exact) mass is 375 g/mol. The number of imide groups is 1. The number of hydrogen-bond acceptors (Lipinski definition) is 6. The Hall–Kier alpha value is -0.950. The molecule has 0 aromatic carbocycles. The van der Waals surface area contributed by atoms with Crippen molar-refractivity contribution in [2.45, 2.75) is 51.2 Å². The van der Waals surface area contributed by atoms with Crippen molar-refractivity contribution in [1.82, 2.24) is 4.90 Å². The Kier molecular flexibility index (Phi) is 9.73. The van der Waals surface area contributed by atoms with E-state index in [0.717, 1.165) is 4.90 Å². The summed E-state index contributed by atoms with van der Waals surface area (Å²) in [7, 11) is 1.45. The van der Waals surface area contributed by atoms with Gasteiger partial charge in [0.05, 0.1) is 16.4 Å². The van der Waals surface area contributed by atoms with Gasteiger partial charge in [0.25, 0.3) is 0 Å². The molecule has 138 valence electrons. The van der Waals surface area contributed by atoms with Gasteiger partial charge >= 0.3 is 5.97 Å². The van der Waals surface area contributed by atoms with E-state index in [1.807, 2.05) is 12.5 Å². The maximum atomic E-state index is 12.4. The summed E-state index contributed by atoms with van der Waals surface area (Å²) in [6, 6.07) is 0. The maximum Gasteiger partial charge on any atom is 0.311 e. The van der Waals surface area contributed by atoms with Crippen molar-refractivity contribution in [1.29, 1.82) is 0 Å². The number of hydrogen-bond donors (Lipinski definition) is 0. The first kappa shape index (κ1) is 23.1. The van der Waals surface area contributed by atoms with Gasteiger partial charge in [-0.1, -0.05) is 12.2 Å².